The van der Waals surface area contributed by atoms with E-state index in [1.165, 1.54) is 6.33 Å². The molecule has 0 radical (unpaired) electrons. The first kappa shape index (κ1) is 15.6. The average molecular weight is 309 g/mol. The van der Waals surface area contributed by atoms with Crippen molar-refractivity contribution >= 4 is 34.1 Å². The molecule has 0 unspecified atom stereocenters. The summed E-state index contributed by atoms with van der Waals surface area (Å²) in [6, 6.07) is 0. The van der Waals surface area contributed by atoms with E-state index >= 15 is 0 Å². The number of aromatic nitrogens is 3. The van der Waals surface area contributed by atoms with Gasteiger partial charge in [-0.15, -0.1) is 0 Å². The Morgan fingerprint density at radius 2 is 2.14 bits per heavy atom. The maximum Gasteiger partial charge on any atom is 0.148 e. The molecule has 0 aliphatic carbocycles. The van der Waals surface area contributed by atoms with E-state index in [9.17, 15) is 0 Å². The van der Waals surface area contributed by atoms with Crippen LogP contribution >= 0.6 is 12.2 Å². The molecule has 0 amide bonds. The van der Waals surface area contributed by atoms with Crippen LogP contribution in [-0.4, -0.2) is 53.9 Å². The molecule has 0 aliphatic rings. The summed E-state index contributed by atoms with van der Waals surface area (Å²) in [5.41, 5.74) is 7.32. The van der Waals surface area contributed by atoms with Crippen LogP contribution in [0.3, 0.4) is 0 Å². The predicted molar refractivity (Wildman–Crippen MR) is 85.6 cm³/mol. The molecule has 114 valence electrons. The largest absolute Gasteiger partial charge is 0.389 e. The maximum atomic E-state index is 5.82. The van der Waals surface area contributed by atoms with Gasteiger partial charge >= 0.3 is 0 Å². The van der Waals surface area contributed by atoms with Crippen LogP contribution < -0.4 is 10.6 Å². The Morgan fingerprint density at radius 3 is 2.76 bits per heavy atom. The minimum atomic E-state index is 0.313. The number of nitrogens with zero attached hydrogens (tertiary/aromatic N) is 4. The van der Waals surface area contributed by atoms with Crippen molar-refractivity contribution in [2.45, 2.75) is 6.73 Å². The Morgan fingerprint density at radius 1 is 1.38 bits per heavy atom. The molecule has 2 aromatic rings. The van der Waals surface area contributed by atoms with E-state index in [1.54, 1.807) is 7.11 Å². The first-order valence-electron chi connectivity index (χ1n) is 6.44. The fraction of sp³-hybridized carbons (Fsp3) is 0.462. The summed E-state index contributed by atoms with van der Waals surface area (Å²) < 4.78 is 12.4. The van der Waals surface area contributed by atoms with Gasteiger partial charge in [-0.1, -0.05) is 12.2 Å². The molecule has 0 fully saturated rings. The zero-order chi connectivity index (χ0) is 15.4. The summed E-state index contributed by atoms with van der Waals surface area (Å²) in [6.45, 7) is 1.40. The second-order valence-electron chi connectivity index (χ2n) is 4.70. The van der Waals surface area contributed by atoms with E-state index in [2.05, 4.69) is 9.97 Å². The molecule has 2 aromatic heterocycles. The van der Waals surface area contributed by atoms with Crippen molar-refractivity contribution in [2.75, 3.05) is 39.3 Å². The highest BCUT2D eigenvalue weighted by Crippen LogP contribution is 2.27. The Hall–Kier alpha value is -1.77. The molecule has 7 nitrogen and oxygen atoms in total. The van der Waals surface area contributed by atoms with Gasteiger partial charge < -0.3 is 24.7 Å². The van der Waals surface area contributed by atoms with Crippen LogP contribution in [0.4, 0.5) is 5.82 Å². The first-order chi connectivity index (χ1) is 10.1. The zero-order valence-electron chi connectivity index (χ0n) is 12.4. The normalized spacial score (nSPS) is 11.0. The minimum Gasteiger partial charge on any atom is -0.389 e. The van der Waals surface area contributed by atoms with Crippen LogP contribution in [0.1, 0.15) is 5.56 Å². The number of rotatable bonds is 7. The lowest BCUT2D eigenvalue weighted by Gasteiger charge is -2.13. The Bertz CT molecular complexity index is 641. The van der Waals surface area contributed by atoms with E-state index < -0.39 is 0 Å². The molecule has 2 rings (SSSR count). The first-order valence-corrected chi connectivity index (χ1v) is 6.84. The highest BCUT2D eigenvalue weighted by atomic mass is 32.1. The van der Waals surface area contributed by atoms with E-state index in [1.807, 2.05) is 29.8 Å². The molecule has 2 heterocycles. The van der Waals surface area contributed by atoms with Gasteiger partial charge in [-0.05, 0) is 0 Å². The molecular formula is C13H19N5O2S. The van der Waals surface area contributed by atoms with Crippen molar-refractivity contribution in [1.29, 1.82) is 0 Å². The van der Waals surface area contributed by atoms with Gasteiger partial charge in [-0.2, -0.15) is 0 Å². The average Bonchev–Trinajstić information content (AvgIpc) is 2.82. The van der Waals surface area contributed by atoms with Crippen LogP contribution in [0, 0.1) is 0 Å². The summed E-state index contributed by atoms with van der Waals surface area (Å²) in [4.78, 5) is 10.8. The molecule has 0 spiro atoms. The monoisotopic (exact) mass is 309 g/mol. The van der Waals surface area contributed by atoms with E-state index in [4.69, 9.17) is 27.4 Å². The second-order valence-corrected chi connectivity index (χ2v) is 5.14. The molecule has 0 atom stereocenters. The van der Waals surface area contributed by atoms with Crippen molar-refractivity contribution in [2.24, 2.45) is 5.73 Å². The third kappa shape index (κ3) is 3.29. The molecule has 0 aromatic carbocycles. The number of methoxy groups -OCH3 is 1. The molecule has 2 N–H and O–H groups in total. The van der Waals surface area contributed by atoms with E-state index in [0.717, 1.165) is 22.4 Å². The molecule has 0 aliphatic heterocycles. The number of thiocarbonyl (C=S) groups is 1. The fourth-order valence-electron chi connectivity index (χ4n) is 2.04. The summed E-state index contributed by atoms with van der Waals surface area (Å²) >= 11 is 5.13. The Kier molecular flexibility index (Phi) is 5.05. The number of fused-ring (bicyclic) bond motifs is 1. The van der Waals surface area contributed by atoms with Crippen LogP contribution in [0.25, 0.3) is 11.0 Å². The number of hydrogen-bond donors (Lipinski definition) is 1. The number of nitrogens with two attached hydrogens (primary N) is 1. The number of anilines is 1. The SMILES string of the molecule is COCCOCn1cc(C(N)=S)c2c(N(C)C)ncnc21. The third-order valence-corrected chi connectivity index (χ3v) is 3.20. The number of ether oxygens (including phenoxy) is 2. The quantitative estimate of drug-likeness (QED) is 0.597. The van der Waals surface area contributed by atoms with Crippen molar-refractivity contribution in [3.63, 3.8) is 0 Å². The summed E-state index contributed by atoms with van der Waals surface area (Å²) in [5, 5.41) is 0.838. The van der Waals surface area contributed by atoms with Crippen LogP contribution in [-0.2, 0) is 16.2 Å². The lowest BCUT2D eigenvalue weighted by atomic mass is 10.2. The van der Waals surface area contributed by atoms with Gasteiger partial charge in [0.1, 0.15) is 29.5 Å². The van der Waals surface area contributed by atoms with Gasteiger partial charge in [0.05, 0.1) is 18.6 Å². The van der Waals surface area contributed by atoms with Gasteiger partial charge in [-0.3, -0.25) is 0 Å². The van der Waals surface area contributed by atoms with Crippen LogP contribution in [0.15, 0.2) is 12.5 Å². The van der Waals surface area contributed by atoms with Gasteiger partial charge in [0.15, 0.2) is 0 Å². The third-order valence-electron chi connectivity index (χ3n) is 2.98. The molecule has 0 saturated heterocycles. The van der Waals surface area contributed by atoms with E-state index in [0.29, 0.717) is 24.9 Å². The topological polar surface area (TPSA) is 78.4 Å². The minimum absolute atomic E-state index is 0.313. The standard InChI is InChI=1S/C13H19N5O2S/c1-17(2)12-10-9(11(14)21)6-18(8-20-5-4-19-3)13(10)16-7-15-12/h6-7H,4-5,8H2,1-3H3,(H2,14,21). The summed E-state index contributed by atoms with van der Waals surface area (Å²) in [6.07, 6.45) is 3.37. The van der Waals surface area contributed by atoms with Crippen molar-refractivity contribution < 1.29 is 9.47 Å². The van der Waals surface area contributed by atoms with E-state index in [-0.39, 0.29) is 0 Å². The molecule has 8 heteroatoms. The maximum absolute atomic E-state index is 5.82. The van der Waals surface area contributed by atoms with Gasteiger partial charge in [-0.25, -0.2) is 9.97 Å². The summed E-state index contributed by atoms with van der Waals surface area (Å²) in [5.74, 6) is 0.776. The molecule has 21 heavy (non-hydrogen) atoms. The van der Waals surface area contributed by atoms with Crippen LogP contribution in [0.5, 0.6) is 0 Å². The van der Waals surface area contributed by atoms with Crippen molar-refractivity contribution in [3.8, 4) is 0 Å². The lowest BCUT2D eigenvalue weighted by Crippen LogP contribution is -2.14. The van der Waals surface area contributed by atoms with Crippen molar-refractivity contribution in [1.82, 2.24) is 14.5 Å². The van der Waals surface area contributed by atoms with Gasteiger partial charge in [0.25, 0.3) is 0 Å². The summed E-state index contributed by atoms with van der Waals surface area (Å²) in [7, 11) is 5.46. The van der Waals surface area contributed by atoms with Crippen molar-refractivity contribution in [3.05, 3.63) is 18.1 Å². The second kappa shape index (κ2) is 6.79. The molecule has 0 bridgehead atoms. The van der Waals surface area contributed by atoms with Gasteiger partial charge in [0, 0.05) is 33.0 Å². The Balaban J connectivity index is 2.43. The highest BCUT2D eigenvalue weighted by Gasteiger charge is 2.17. The fourth-order valence-corrected chi connectivity index (χ4v) is 2.19. The molecule has 0 saturated carbocycles. The lowest BCUT2D eigenvalue weighted by molar-refractivity contribution is 0.0358. The Labute approximate surface area is 128 Å². The van der Waals surface area contributed by atoms with Crippen LogP contribution in [0.2, 0.25) is 0 Å². The smallest absolute Gasteiger partial charge is 0.148 e. The van der Waals surface area contributed by atoms with Gasteiger partial charge in [0.2, 0.25) is 0 Å². The predicted octanol–water partition coefficient (Wildman–Crippen LogP) is 0.752. The number of hydrogen-bond acceptors (Lipinski definition) is 6. The zero-order valence-corrected chi connectivity index (χ0v) is 13.2. The highest BCUT2D eigenvalue weighted by molar-refractivity contribution is 7.80. The molecular weight excluding hydrogens is 290 g/mol.